The fraction of sp³-hybridized carbons (Fsp3) is 0.440. The van der Waals surface area contributed by atoms with Crippen LogP contribution in [0, 0.1) is 0 Å². The lowest BCUT2D eigenvalue weighted by molar-refractivity contribution is -0.138. The molecular formula is C25H32N4O3S2. The van der Waals surface area contributed by atoms with Gasteiger partial charge in [0.05, 0.1) is 12.3 Å². The molecule has 0 fully saturated rings. The third kappa shape index (κ3) is 7.51. The fourth-order valence-corrected chi connectivity index (χ4v) is 5.31. The second-order valence-electron chi connectivity index (χ2n) is 8.39. The van der Waals surface area contributed by atoms with Gasteiger partial charge in [0.2, 0.25) is 5.95 Å². The van der Waals surface area contributed by atoms with E-state index in [1.54, 1.807) is 13.8 Å². The summed E-state index contributed by atoms with van der Waals surface area (Å²) in [6.45, 7) is 10.2. The average Bonchev–Trinajstić information content (AvgIpc) is 3.27. The number of nitrogens with zero attached hydrogens (tertiary/aromatic N) is 4. The molecule has 0 aliphatic rings. The van der Waals surface area contributed by atoms with Gasteiger partial charge in [-0.3, -0.25) is 4.79 Å². The maximum Gasteiger partial charge on any atom is 0.319 e. The summed E-state index contributed by atoms with van der Waals surface area (Å²) in [6, 6.07) is 8.43. The number of anilines is 1. The number of carboxylic acids is 1. The van der Waals surface area contributed by atoms with E-state index in [1.807, 2.05) is 24.7 Å². The van der Waals surface area contributed by atoms with Crippen LogP contribution in [0.15, 0.2) is 46.4 Å². The lowest BCUT2D eigenvalue weighted by Gasteiger charge is -2.22. The molecule has 0 bridgehead atoms. The Balaban J connectivity index is 1.71. The standard InChI is InChI=1S/C25H32N4O3S2/c1-5-18-13-26-23(27-14-18)29(15-19-7-9-20(10-8-19)16-32-6-2)12-11-21-17-33-24(28-21)34-25(3,4)22(30)31/h7-10,13-14,17H,5-6,11-12,15-16H2,1-4H3,(H,30,31). The van der Waals surface area contributed by atoms with Crippen molar-refractivity contribution in [2.45, 2.75) is 62.8 Å². The number of aliphatic carboxylic acids is 1. The summed E-state index contributed by atoms with van der Waals surface area (Å²) in [4.78, 5) is 27.4. The molecule has 0 unspecified atom stereocenters. The molecule has 0 spiro atoms. The van der Waals surface area contributed by atoms with Crippen LogP contribution in [-0.2, 0) is 35.5 Å². The second kappa shape index (κ2) is 12.3. The lowest BCUT2D eigenvalue weighted by atomic mass is 10.1. The molecule has 0 atom stereocenters. The van der Waals surface area contributed by atoms with E-state index < -0.39 is 10.7 Å². The highest BCUT2D eigenvalue weighted by atomic mass is 32.2. The summed E-state index contributed by atoms with van der Waals surface area (Å²) < 4.78 is 5.35. The van der Waals surface area contributed by atoms with Crippen LogP contribution < -0.4 is 4.90 Å². The van der Waals surface area contributed by atoms with E-state index in [2.05, 4.69) is 51.0 Å². The topological polar surface area (TPSA) is 88.4 Å². The zero-order chi connectivity index (χ0) is 24.6. The highest BCUT2D eigenvalue weighted by Gasteiger charge is 2.29. The van der Waals surface area contributed by atoms with Crippen molar-refractivity contribution < 1.29 is 14.6 Å². The van der Waals surface area contributed by atoms with Gasteiger partial charge in [-0.15, -0.1) is 11.3 Å². The number of carboxylic acid groups (broad SMARTS) is 1. The number of thiazole rings is 1. The van der Waals surface area contributed by atoms with Crippen LogP contribution in [0.4, 0.5) is 5.95 Å². The van der Waals surface area contributed by atoms with Crippen molar-refractivity contribution in [1.29, 1.82) is 0 Å². The summed E-state index contributed by atoms with van der Waals surface area (Å²) in [6.07, 6.45) is 5.37. The van der Waals surface area contributed by atoms with Gasteiger partial charge in [-0.1, -0.05) is 43.0 Å². The molecule has 7 nitrogen and oxygen atoms in total. The van der Waals surface area contributed by atoms with Crippen molar-refractivity contribution >= 4 is 35.0 Å². The number of hydrogen-bond donors (Lipinski definition) is 1. The van der Waals surface area contributed by atoms with Crippen molar-refractivity contribution in [3.05, 3.63) is 64.4 Å². The van der Waals surface area contributed by atoms with Gasteiger partial charge in [0.15, 0.2) is 4.34 Å². The fourth-order valence-electron chi connectivity index (χ4n) is 3.09. The number of hydrogen-bond acceptors (Lipinski definition) is 8. The third-order valence-electron chi connectivity index (χ3n) is 5.28. The highest BCUT2D eigenvalue weighted by Crippen LogP contribution is 2.34. The van der Waals surface area contributed by atoms with E-state index in [9.17, 15) is 9.90 Å². The van der Waals surface area contributed by atoms with Gasteiger partial charge in [0, 0.05) is 43.9 Å². The van der Waals surface area contributed by atoms with E-state index in [-0.39, 0.29) is 0 Å². The summed E-state index contributed by atoms with van der Waals surface area (Å²) in [5, 5.41) is 11.4. The minimum Gasteiger partial charge on any atom is -0.480 e. The Bertz CT molecular complexity index is 1050. The summed E-state index contributed by atoms with van der Waals surface area (Å²) in [5.41, 5.74) is 4.36. The molecule has 9 heteroatoms. The van der Waals surface area contributed by atoms with Crippen LogP contribution in [-0.4, -0.2) is 43.9 Å². The van der Waals surface area contributed by atoms with E-state index in [0.29, 0.717) is 38.7 Å². The van der Waals surface area contributed by atoms with Crippen LogP contribution in [0.3, 0.4) is 0 Å². The van der Waals surface area contributed by atoms with Crippen LogP contribution in [0.2, 0.25) is 0 Å². The van der Waals surface area contributed by atoms with Crippen molar-refractivity contribution in [2.24, 2.45) is 0 Å². The van der Waals surface area contributed by atoms with Crippen molar-refractivity contribution in [3.63, 3.8) is 0 Å². The predicted molar refractivity (Wildman–Crippen MR) is 138 cm³/mol. The zero-order valence-electron chi connectivity index (χ0n) is 20.2. The first-order valence-corrected chi connectivity index (χ1v) is 13.1. The second-order valence-corrected chi connectivity index (χ2v) is 11.1. The van der Waals surface area contributed by atoms with Gasteiger partial charge in [0.25, 0.3) is 0 Å². The summed E-state index contributed by atoms with van der Waals surface area (Å²) in [5.74, 6) is -0.159. The molecule has 3 aromatic rings. The number of aryl methyl sites for hydroxylation is 1. The quantitative estimate of drug-likeness (QED) is 0.319. The molecule has 0 saturated carbocycles. The van der Waals surface area contributed by atoms with Crippen LogP contribution in [0.5, 0.6) is 0 Å². The smallest absolute Gasteiger partial charge is 0.319 e. The number of ether oxygens (including phenoxy) is 1. The molecule has 0 saturated heterocycles. The number of thioether (sulfide) groups is 1. The number of carbonyl (C=O) groups is 1. The van der Waals surface area contributed by atoms with Crippen LogP contribution >= 0.6 is 23.1 Å². The molecule has 0 aliphatic carbocycles. The Kier molecular flexibility index (Phi) is 9.44. The van der Waals surface area contributed by atoms with Gasteiger partial charge >= 0.3 is 5.97 Å². The molecule has 2 heterocycles. The van der Waals surface area contributed by atoms with Crippen molar-refractivity contribution in [1.82, 2.24) is 15.0 Å². The summed E-state index contributed by atoms with van der Waals surface area (Å²) >= 11 is 2.76. The van der Waals surface area contributed by atoms with Gasteiger partial charge in [-0.25, -0.2) is 15.0 Å². The number of rotatable bonds is 13. The largest absolute Gasteiger partial charge is 0.480 e. The summed E-state index contributed by atoms with van der Waals surface area (Å²) in [7, 11) is 0. The molecule has 1 N–H and O–H groups in total. The zero-order valence-corrected chi connectivity index (χ0v) is 21.8. The number of aromatic nitrogens is 3. The number of benzene rings is 1. The van der Waals surface area contributed by atoms with Gasteiger partial charge in [-0.2, -0.15) is 0 Å². The molecular weight excluding hydrogens is 468 g/mol. The van der Waals surface area contributed by atoms with Crippen LogP contribution in [0.1, 0.15) is 50.1 Å². The van der Waals surface area contributed by atoms with E-state index >= 15 is 0 Å². The first-order chi connectivity index (χ1) is 16.3. The lowest BCUT2D eigenvalue weighted by Crippen LogP contribution is -2.27. The molecule has 1 aromatic carbocycles. The van der Waals surface area contributed by atoms with Crippen LogP contribution in [0.25, 0.3) is 0 Å². The SMILES string of the molecule is CCOCc1ccc(CN(CCc2csc(SC(C)(C)C(=O)O)n2)c2ncc(CC)cn2)cc1. The minimum absolute atomic E-state index is 0.616. The maximum absolute atomic E-state index is 11.4. The Morgan fingerprint density at radius 1 is 1.12 bits per heavy atom. The van der Waals surface area contributed by atoms with E-state index in [4.69, 9.17) is 4.74 Å². The molecule has 34 heavy (non-hydrogen) atoms. The normalized spacial score (nSPS) is 11.5. The highest BCUT2D eigenvalue weighted by molar-refractivity contribution is 8.02. The predicted octanol–water partition coefficient (Wildman–Crippen LogP) is 5.24. The monoisotopic (exact) mass is 500 g/mol. The van der Waals surface area contributed by atoms with E-state index in [0.717, 1.165) is 27.6 Å². The Labute approximate surface area is 209 Å². The van der Waals surface area contributed by atoms with E-state index in [1.165, 1.54) is 28.7 Å². The first kappa shape index (κ1) is 26.1. The Hall–Kier alpha value is -2.49. The van der Waals surface area contributed by atoms with Gasteiger partial charge in [-0.05, 0) is 43.9 Å². The minimum atomic E-state index is -0.912. The van der Waals surface area contributed by atoms with Gasteiger partial charge in [0.1, 0.15) is 4.75 Å². The Morgan fingerprint density at radius 2 is 1.79 bits per heavy atom. The van der Waals surface area contributed by atoms with Crippen molar-refractivity contribution in [3.8, 4) is 0 Å². The molecule has 2 aromatic heterocycles. The molecule has 0 aliphatic heterocycles. The molecule has 182 valence electrons. The molecule has 0 amide bonds. The average molecular weight is 501 g/mol. The molecule has 3 rings (SSSR count). The van der Waals surface area contributed by atoms with Gasteiger partial charge < -0.3 is 14.7 Å². The molecule has 0 radical (unpaired) electrons. The van der Waals surface area contributed by atoms with Crippen molar-refractivity contribution in [2.75, 3.05) is 18.1 Å². The maximum atomic E-state index is 11.4. The first-order valence-electron chi connectivity index (χ1n) is 11.4. The third-order valence-corrected chi connectivity index (χ3v) is 7.45. The Morgan fingerprint density at radius 3 is 2.41 bits per heavy atom.